The Labute approximate surface area is 213 Å². The second kappa shape index (κ2) is 15.2. The van der Waals surface area contributed by atoms with Crippen molar-refractivity contribution >= 4 is 35.6 Å². The third kappa shape index (κ3) is 11.1. The van der Waals surface area contributed by atoms with E-state index < -0.39 is 72.1 Å². The zero-order valence-corrected chi connectivity index (χ0v) is 20.7. The summed E-state index contributed by atoms with van der Waals surface area (Å²) in [6, 6.07) is -5.04. The van der Waals surface area contributed by atoms with Gasteiger partial charge in [0.15, 0.2) is 0 Å². The summed E-state index contributed by atoms with van der Waals surface area (Å²) in [5, 5.41) is 25.6. The number of nitrogens with zero attached hydrogens (tertiary/aromatic N) is 1. The van der Waals surface area contributed by atoms with Crippen LogP contribution in [0, 0.1) is 5.92 Å². The number of imidazole rings is 1. The normalized spacial score (nSPS) is 14.9. The highest BCUT2D eigenvalue weighted by atomic mass is 16.4. The quantitative estimate of drug-likeness (QED) is 0.111. The average molecular weight is 526 g/mol. The van der Waals surface area contributed by atoms with Crippen LogP contribution >= 0.6 is 0 Å². The Morgan fingerprint density at radius 2 is 1.59 bits per heavy atom. The first-order valence-electron chi connectivity index (χ1n) is 11.7. The number of nitrogens with two attached hydrogens (primary N) is 2. The van der Waals surface area contributed by atoms with Crippen LogP contribution in [0.4, 0.5) is 0 Å². The summed E-state index contributed by atoms with van der Waals surface area (Å²) in [7, 11) is 0. The highest BCUT2D eigenvalue weighted by molar-refractivity contribution is 5.94. The fourth-order valence-electron chi connectivity index (χ4n) is 3.30. The van der Waals surface area contributed by atoms with E-state index in [0.29, 0.717) is 12.1 Å². The molecule has 0 spiro atoms. The molecule has 0 bridgehead atoms. The van der Waals surface area contributed by atoms with Crippen LogP contribution in [0.1, 0.15) is 51.6 Å². The number of aromatic amines is 1. The minimum absolute atomic E-state index is 0.131. The van der Waals surface area contributed by atoms with Gasteiger partial charge < -0.3 is 42.6 Å². The smallest absolute Gasteiger partial charge is 0.326 e. The fraction of sp³-hybridized carbons (Fsp3) is 0.591. The number of carbonyl (C=O) groups excluding carboxylic acids is 4. The van der Waals surface area contributed by atoms with Crippen molar-refractivity contribution in [2.24, 2.45) is 17.4 Å². The third-order valence-electron chi connectivity index (χ3n) is 5.70. The number of nitrogens with one attached hydrogen (secondary N) is 4. The van der Waals surface area contributed by atoms with E-state index in [9.17, 15) is 33.9 Å². The molecule has 15 nitrogen and oxygen atoms in total. The Morgan fingerprint density at radius 1 is 0.973 bits per heavy atom. The van der Waals surface area contributed by atoms with Crippen LogP contribution in [-0.2, 0) is 35.2 Å². The third-order valence-corrected chi connectivity index (χ3v) is 5.70. The van der Waals surface area contributed by atoms with Crippen molar-refractivity contribution in [3.8, 4) is 0 Å². The molecule has 1 aromatic rings. The number of H-pyrrole nitrogens is 1. The first kappa shape index (κ1) is 31.0. The Bertz CT molecular complexity index is 953. The van der Waals surface area contributed by atoms with Crippen LogP contribution < -0.4 is 27.4 Å². The van der Waals surface area contributed by atoms with Crippen molar-refractivity contribution in [2.75, 3.05) is 0 Å². The van der Waals surface area contributed by atoms with Gasteiger partial charge in [-0.1, -0.05) is 20.3 Å². The lowest BCUT2D eigenvalue weighted by Gasteiger charge is -2.27. The van der Waals surface area contributed by atoms with Gasteiger partial charge in [0.25, 0.3) is 0 Å². The van der Waals surface area contributed by atoms with Gasteiger partial charge in [-0.25, -0.2) is 9.78 Å². The van der Waals surface area contributed by atoms with E-state index in [4.69, 9.17) is 16.6 Å². The summed E-state index contributed by atoms with van der Waals surface area (Å²) in [6.45, 7) is 3.48. The maximum Gasteiger partial charge on any atom is 0.326 e. The molecule has 0 saturated carbocycles. The molecule has 0 aliphatic carbocycles. The molecule has 0 radical (unpaired) electrons. The molecule has 1 rings (SSSR count). The van der Waals surface area contributed by atoms with Crippen LogP contribution in [0.15, 0.2) is 12.5 Å². The lowest BCUT2D eigenvalue weighted by Crippen LogP contribution is -2.58. The number of aliphatic carboxylic acids is 2. The molecule has 15 heteroatoms. The summed E-state index contributed by atoms with van der Waals surface area (Å²) < 4.78 is 0. The van der Waals surface area contributed by atoms with E-state index in [2.05, 4.69) is 25.9 Å². The van der Waals surface area contributed by atoms with E-state index in [1.54, 1.807) is 13.8 Å². The highest BCUT2D eigenvalue weighted by Gasteiger charge is 2.32. The highest BCUT2D eigenvalue weighted by Crippen LogP contribution is 2.11. The average Bonchev–Trinajstić information content (AvgIpc) is 3.34. The van der Waals surface area contributed by atoms with Crippen LogP contribution in [-0.4, -0.2) is 79.9 Å². The van der Waals surface area contributed by atoms with E-state index in [0.717, 1.165) is 0 Å². The largest absolute Gasteiger partial charge is 0.481 e. The Morgan fingerprint density at radius 3 is 2.11 bits per heavy atom. The summed E-state index contributed by atoms with van der Waals surface area (Å²) in [4.78, 5) is 78.9. The maximum absolute atomic E-state index is 13.1. The zero-order chi connectivity index (χ0) is 28.1. The van der Waals surface area contributed by atoms with Crippen molar-refractivity contribution in [1.82, 2.24) is 25.9 Å². The van der Waals surface area contributed by atoms with E-state index in [1.165, 1.54) is 12.5 Å². The molecule has 37 heavy (non-hydrogen) atoms. The molecule has 5 unspecified atom stereocenters. The number of primary amides is 1. The minimum Gasteiger partial charge on any atom is -0.481 e. The number of carboxylic acid groups (broad SMARTS) is 2. The standard InChI is InChI=1S/C22H35N7O8/c1-3-11(2)18(29-19(33)13(23)8-12-9-25-10-26-12)21(35)27-14(5-7-17(31)32)20(34)28-15(22(36)37)4-6-16(24)30/h9-11,13-15,18H,3-8,23H2,1-2H3,(H2,24,30)(H,25,26)(H,27,35)(H,28,34)(H,29,33)(H,31,32)(H,36,37). The fourth-order valence-corrected chi connectivity index (χ4v) is 3.30. The Balaban J connectivity index is 3.00. The Kier molecular flexibility index (Phi) is 12.7. The first-order valence-corrected chi connectivity index (χ1v) is 11.7. The summed E-state index contributed by atoms with van der Waals surface area (Å²) in [6.07, 6.45) is 2.06. The molecule has 0 aromatic carbocycles. The molecule has 1 heterocycles. The number of rotatable bonds is 17. The molecule has 5 atom stereocenters. The lowest BCUT2D eigenvalue weighted by molar-refractivity contribution is -0.143. The summed E-state index contributed by atoms with van der Waals surface area (Å²) in [5.74, 6) is -6.20. The minimum atomic E-state index is -1.49. The summed E-state index contributed by atoms with van der Waals surface area (Å²) >= 11 is 0. The number of hydrogen-bond donors (Lipinski definition) is 8. The van der Waals surface area contributed by atoms with Gasteiger partial charge in [-0.05, 0) is 18.8 Å². The number of amides is 4. The van der Waals surface area contributed by atoms with Crippen LogP contribution in [0.25, 0.3) is 0 Å². The van der Waals surface area contributed by atoms with E-state index >= 15 is 0 Å². The number of hydrogen-bond acceptors (Lipinski definition) is 8. The van der Waals surface area contributed by atoms with Crippen molar-refractivity contribution in [2.45, 2.75) is 76.5 Å². The Hall–Kier alpha value is -4.01. The van der Waals surface area contributed by atoms with Gasteiger partial charge in [-0.3, -0.25) is 24.0 Å². The summed E-state index contributed by atoms with van der Waals surface area (Å²) in [5.41, 5.74) is 11.6. The van der Waals surface area contributed by atoms with Gasteiger partial charge in [-0.2, -0.15) is 0 Å². The molecule has 4 amide bonds. The van der Waals surface area contributed by atoms with Gasteiger partial charge in [0.05, 0.1) is 12.4 Å². The molecular weight excluding hydrogens is 490 g/mol. The second-order valence-electron chi connectivity index (χ2n) is 8.66. The molecule has 0 fully saturated rings. The number of carboxylic acids is 2. The van der Waals surface area contributed by atoms with Crippen molar-refractivity contribution in [3.63, 3.8) is 0 Å². The van der Waals surface area contributed by atoms with Gasteiger partial charge in [0.2, 0.25) is 23.6 Å². The molecule has 0 aliphatic heterocycles. The molecular formula is C22H35N7O8. The van der Waals surface area contributed by atoms with Crippen LogP contribution in [0.5, 0.6) is 0 Å². The van der Waals surface area contributed by atoms with Crippen molar-refractivity contribution in [3.05, 3.63) is 18.2 Å². The molecule has 1 aromatic heterocycles. The predicted octanol–water partition coefficient (Wildman–Crippen LogP) is -2.01. The first-order chi connectivity index (χ1) is 17.3. The predicted molar refractivity (Wildman–Crippen MR) is 128 cm³/mol. The number of carbonyl (C=O) groups is 6. The lowest BCUT2D eigenvalue weighted by atomic mass is 9.96. The van der Waals surface area contributed by atoms with E-state index in [1.807, 2.05) is 0 Å². The monoisotopic (exact) mass is 525 g/mol. The maximum atomic E-state index is 13.1. The van der Waals surface area contributed by atoms with Crippen molar-refractivity contribution in [1.29, 1.82) is 0 Å². The van der Waals surface area contributed by atoms with E-state index in [-0.39, 0.29) is 25.7 Å². The topological polar surface area (TPSA) is 260 Å². The molecule has 0 aliphatic rings. The van der Waals surface area contributed by atoms with Crippen LogP contribution in [0.3, 0.4) is 0 Å². The second-order valence-corrected chi connectivity index (χ2v) is 8.66. The van der Waals surface area contributed by atoms with Gasteiger partial charge in [-0.15, -0.1) is 0 Å². The zero-order valence-electron chi connectivity index (χ0n) is 20.7. The molecule has 0 saturated heterocycles. The van der Waals surface area contributed by atoms with Crippen molar-refractivity contribution < 1.29 is 39.0 Å². The van der Waals surface area contributed by atoms with Gasteiger partial charge >= 0.3 is 11.9 Å². The SMILES string of the molecule is CCC(C)C(NC(=O)C(N)Cc1cnc[nH]1)C(=O)NC(CCC(=O)O)C(=O)NC(CCC(N)=O)C(=O)O. The van der Waals surface area contributed by atoms with Gasteiger partial charge in [0, 0.05) is 31.2 Å². The number of aromatic nitrogens is 2. The van der Waals surface area contributed by atoms with Crippen LogP contribution in [0.2, 0.25) is 0 Å². The molecule has 10 N–H and O–H groups in total. The molecule has 206 valence electrons. The van der Waals surface area contributed by atoms with Gasteiger partial charge in [0.1, 0.15) is 18.1 Å².